The van der Waals surface area contributed by atoms with Crippen molar-refractivity contribution in [3.8, 4) is 0 Å². The summed E-state index contributed by atoms with van der Waals surface area (Å²) >= 11 is 0. The van der Waals surface area contributed by atoms with Crippen molar-refractivity contribution in [3.63, 3.8) is 0 Å². The molecule has 84 heavy (non-hydrogen) atoms. The molecule has 0 aromatic rings. The third-order valence-electron chi connectivity index (χ3n) is 16.5. The Morgan fingerprint density at radius 1 is 0.429 bits per heavy atom. The predicted octanol–water partition coefficient (Wildman–Crippen LogP) is 22.7. The molecule has 0 aromatic heterocycles. The normalized spacial score (nSPS) is 14.0. The van der Waals surface area contributed by atoms with Gasteiger partial charge in [-0.1, -0.05) is 350 Å². The third kappa shape index (κ3) is 67.4. The van der Waals surface area contributed by atoms with Gasteiger partial charge in [-0.05, 0) is 64.2 Å². The number of phosphoric ester groups is 1. The van der Waals surface area contributed by atoms with Gasteiger partial charge in [0, 0.05) is 6.42 Å². The number of hydrogen-bond donors (Lipinski definition) is 2. The van der Waals surface area contributed by atoms with Crippen LogP contribution < -0.4 is 10.2 Å². The Labute approximate surface area is 523 Å². The van der Waals surface area contributed by atoms with E-state index < -0.39 is 20.0 Å². The third-order valence-corrected chi connectivity index (χ3v) is 17.4. The number of allylic oxidation sites excluding steroid dienone is 12. The SMILES string of the molecule is CC/C=C\C/C=C\C/C=C\C/C=C\C/C=C\C/C=C\CCCCCCCCCCCCCCCCC(=O)NC(COP(=O)([O-])OCC[N+](C)(C)C)C(O)CCCCCCCCCCCCCCCCCCCCCCCCCCCCCCC. The average molecular weight is 1200 g/mol. The second-order valence-electron chi connectivity index (χ2n) is 25.9. The molecule has 8 nitrogen and oxygen atoms in total. The van der Waals surface area contributed by atoms with E-state index in [4.69, 9.17) is 9.05 Å². The van der Waals surface area contributed by atoms with Gasteiger partial charge in [0.1, 0.15) is 13.2 Å². The molecule has 9 heteroatoms. The van der Waals surface area contributed by atoms with Crippen LogP contribution in [-0.2, 0) is 18.4 Å². The molecule has 3 unspecified atom stereocenters. The number of nitrogens with zero attached hydrogens (tertiary/aromatic N) is 1. The van der Waals surface area contributed by atoms with Crippen LogP contribution in [0.15, 0.2) is 72.9 Å². The highest BCUT2D eigenvalue weighted by Crippen LogP contribution is 2.38. The second kappa shape index (κ2) is 65.4. The zero-order valence-electron chi connectivity index (χ0n) is 56.4. The summed E-state index contributed by atoms with van der Waals surface area (Å²) < 4.78 is 23.6. The topological polar surface area (TPSA) is 108 Å². The monoisotopic (exact) mass is 1200 g/mol. The lowest BCUT2D eigenvalue weighted by Gasteiger charge is -2.30. The number of carbonyl (C=O) groups excluding carboxylic acids is 1. The van der Waals surface area contributed by atoms with Crippen molar-refractivity contribution in [1.29, 1.82) is 0 Å². The minimum Gasteiger partial charge on any atom is -0.756 e. The van der Waals surface area contributed by atoms with Gasteiger partial charge in [-0.25, -0.2) is 0 Å². The summed E-state index contributed by atoms with van der Waals surface area (Å²) in [5, 5.41) is 14.1. The smallest absolute Gasteiger partial charge is 0.268 e. The van der Waals surface area contributed by atoms with Crippen LogP contribution in [0.2, 0.25) is 0 Å². The van der Waals surface area contributed by atoms with Gasteiger partial charge in [-0.3, -0.25) is 9.36 Å². The van der Waals surface area contributed by atoms with Gasteiger partial charge >= 0.3 is 0 Å². The van der Waals surface area contributed by atoms with Gasteiger partial charge in [0.05, 0.1) is 39.9 Å². The average Bonchev–Trinajstić information content (AvgIpc) is 3.56. The van der Waals surface area contributed by atoms with E-state index in [1.807, 2.05) is 21.1 Å². The zero-order chi connectivity index (χ0) is 61.2. The predicted molar refractivity (Wildman–Crippen MR) is 367 cm³/mol. The number of unbranched alkanes of at least 4 members (excludes halogenated alkanes) is 42. The summed E-state index contributed by atoms with van der Waals surface area (Å²) in [6, 6.07) is -0.806. The summed E-state index contributed by atoms with van der Waals surface area (Å²) in [7, 11) is 1.31. The minimum absolute atomic E-state index is 0.0112. The summed E-state index contributed by atoms with van der Waals surface area (Å²) in [5.74, 6) is -0.162. The van der Waals surface area contributed by atoms with Crippen LogP contribution in [-0.4, -0.2) is 68.5 Å². The molecular weight excluding hydrogens is 1060 g/mol. The molecule has 0 aliphatic heterocycles. The molecule has 0 spiro atoms. The minimum atomic E-state index is -4.58. The molecular formula is C75H141N2O6P. The number of quaternary nitrogens is 1. The standard InChI is InChI=1S/C75H141N2O6P/c1-6-8-10-12-14-16-18-20-22-24-26-28-30-32-34-36-37-38-39-41-43-45-47-49-51-53-55-57-59-61-63-65-67-69-75(79)76-73(72-83-84(80,81)82-71-70-77(3,4)5)74(78)68-66-64-62-60-58-56-54-52-50-48-46-44-42-40-35-33-31-29-27-25-23-21-19-17-15-13-11-9-7-2/h8,10,14,16,20,22,26,28,32,34,37-38,73-74,78H,6-7,9,11-13,15,17-19,21,23-25,27,29-31,33,35-36,39-72H2,1-5H3,(H-,76,79,80,81)/b10-8-,16-14-,22-20-,28-26-,34-32-,38-37-. The quantitative estimate of drug-likeness (QED) is 0.0272. The Kier molecular flexibility index (Phi) is 63.8. The lowest BCUT2D eigenvalue weighted by molar-refractivity contribution is -0.870. The lowest BCUT2D eigenvalue weighted by Crippen LogP contribution is -2.46. The summed E-state index contributed by atoms with van der Waals surface area (Å²) in [5.41, 5.74) is 0. The van der Waals surface area contributed by atoms with Crippen LogP contribution in [0.5, 0.6) is 0 Å². The molecule has 0 saturated heterocycles. The van der Waals surface area contributed by atoms with E-state index in [9.17, 15) is 19.4 Å². The molecule has 0 heterocycles. The van der Waals surface area contributed by atoms with Gasteiger partial charge in [-0.2, -0.15) is 0 Å². The molecule has 0 saturated carbocycles. The molecule has 0 rings (SSSR count). The number of likely N-dealkylation sites (N-methyl/N-ethyl adjacent to an activating group) is 1. The molecule has 2 N–H and O–H groups in total. The number of aliphatic hydroxyl groups is 1. The lowest BCUT2D eigenvalue weighted by atomic mass is 10.0. The molecule has 0 bridgehead atoms. The number of rotatable bonds is 67. The van der Waals surface area contributed by atoms with Crippen molar-refractivity contribution in [1.82, 2.24) is 5.32 Å². The van der Waals surface area contributed by atoms with Crippen LogP contribution in [0.1, 0.15) is 348 Å². The van der Waals surface area contributed by atoms with E-state index in [1.54, 1.807) is 0 Å². The van der Waals surface area contributed by atoms with Gasteiger partial charge < -0.3 is 28.8 Å². The van der Waals surface area contributed by atoms with Crippen LogP contribution >= 0.6 is 7.82 Å². The van der Waals surface area contributed by atoms with Gasteiger partial charge in [0.25, 0.3) is 7.82 Å². The van der Waals surface area contributed by atoms with Crippen LogP contribution in [0.4, 0.5) is 0 Å². The van der Waals surface area contributed by atoms with Crippen molar-refractivity contribution < 1.29 is 32.9 Å². The van der Waals surface area contributed by atoms with E-state index in [-0.39, 0.29) is 19.1 Å². The Morgan fingerprint density at radius 3 is 1.06 bits per heavy atom. The molecule has 3 atom stereocenters. The molecule has 0 radical (unpaired) electrons. The Balaban J connectivity index is 4.02. The van der Waals surface area contributed by atoms with Crippen molar-refractivity contribution in [3.05, 3.63) is 72.9 Å². The van der Waals surface area contributed by atoms with Gasteiger partial charge in [0.15, 0.2) is 0 Å². The van der Waals surface area contributed by atoms with Crippen LogP contribution in [0.25, 0.3) is 0 Å². The maximum Gasteiger partial charge on any atom is 0.268 e. The van der Waals surface area contributed by atoms with E-state index in [1.165, 1.54) is 244 Å². The molecule has 1 amide bonds. The van der Waals surface area contributed by atoms with E-state index in [0.29, 0.717) is 23.9 Å². The number of aliphatic hydroxyl groups excluding tert-OH is 1. The Morgan fingerprint density at radius 2 is 0.726 bits per heavy atom. The maximum atomic E-state index is 13.1. The van der Waals surface area contributed by atoms with Crippen LogP contribution in [0, 0.1) is 0 Å². The van der Waals surface area contributed by atoms with Gasteiger partial charge in [-0.15, -0.1) is 0 Å². The first-order valence-corrected chi connectivity index (χ1v) is 37.7. The van der Waals surface area contributed by atoms with Gasteiger partial charge in [0.2, 0.25) is 5.91 Å². The summed E-state index contributed by atoms with van der Waals surface area (Å²) in [6.45, 7) is 4.65. The highest BCUT2D eigenvalue weighted by molar-refractivity contribution is 7.45. The highest BCUT2D eigenvalue weighted by Gasteiger charge is 2.24. The van der Waals surface area contributed by atoms with Crippen molar-refractivity contribution >= 4 is 13.7 Å². The first-order valence-electron chi connectivity index (χ1n) is 36.3. The Bertz CT molecular complexity index is 1600. The largest absolute Gasteiger partial charge is 0.756 e. The van der Waals surface area contributed by atoms with E-state index >= 15 is 0 Å². The first-order chi connectivity index (χ1) is 41.0. The molecule has 0 aliphatic rings. The van der Waals surface area contributed by atoms with Crippen LogP contribution in [0.3, 0.4) is 0 Å². The number of carbonyl (C=O) groups is 1. The number of phosphoric acid groups is 1. The summed E-state index contributed by atoms with van der Waals surface area (Å²) in [4.78, 5) is 25.7. The van der Waals surface area contributed by atoms with Crippen molar-refractivity contribution in [2.24, 2.45) is 0 Å². The molecule has 0 aromatic carbocycles. The first kappa shape index (κ1) is 81.9. The van der Waals surface area contributed by atoms with E-state index in [0.717, 1.165) is 77.0 Å². The van der Waals surface area contributed by atoms with E-state index in [2.05, 4.69) is 92.1 Å². The van der Waals surface area contributed by atoms with Crippen molar-refractivity contribution in [2.45, 2.75) is 360 Å². The maximum absolute atomic E-state index is 13.1. The fraction of sp³-hybridized carbons (Fsp3) is 0.827. The fourth-order valence-corrected chi connectivity index (χ4v) is 11.6. The molecule has 0 fully saturated rings. The number of amides is 1. The Hall–Kier alpha value is -2.06. The highest BCUT2D eigenvalue weighted by atomic mass is 31.2. The van der Waals surface area contributed by atoms with Crippen molar-refractivity contribution in [2.75, 3.05) is 40.9 Å². The second-order valence-corrected chi connectivity index (χ2v) is 27.3. The fourth-order valence-electron chi connectivity index (χ4n) is 10.9. The molecule has 492 valence electrons. The summed E-state index contributed by atoms with van der Waals surface area (Å²) in [6.07, 6.45) is 91.3. The number of hydrogen-bond acceptors (Lipinski definition) is 6. The molecule has 0 aliphatic carbocycles. The number of nitrogens with one attached hydrogen (secondary N) is 1. The zero-order valence-corrected chi connectivity index (χ0v) is 57.3.